The fourth-order valence-electron chi connectivity index (χ4n) is 0.270. The highest BCUT2D eigenvalue weighted by atomic mass is 16.7. The van der Waals surface area contributed by atoms with Gasteiger partial charge in [-0.2, -0.15) is 0 Å². The zero-order chi connectivity index (χ0) is 7.11. The van der Waals surface area contributed by atoms with Crippen LogP contribution in [0.1, 0.15) is 13.3 Å². The first kappa shape index (κ1) is 8.23. The monoisotopic (exact) mass is 132 g/mol. The van der Waals surface area contributed by atoms with Crippen LogP contribution in [0.15, 0.2) is 0 Å². The van der Waals surface area contributed by atoms with E-state index in [0.717, 1.165) is 6.42 Å². The van der Waals surface area contributed by atoms with E-state index in [-0.39, 0.29) is 6.03 Å². The molecule has 0 aliphatic heterocycles. The molecule has 0 fully saturated rings. The zero-order valence-electron chi connectivity index (χ0n) is 5.73. The maximum atomic E-state index is 10.3. The van der Waals surface area contributed by atoms with Crippen molar-refractivity contribution < 1.29 is 9.63 Å². The van der Waals surface area contributed by atoms with Gasteiger partial charge >= 0.3 is 6.03 Å². The van der Waals surface area contributed by atoms with Gasteiger partial charge in [0, 0.05) is 7.05 Å². The van der Waals surface area contributed by atoms with Crippen LogP contribution in [0, 0.1) is 0 Å². The minimum atomic E-state index is -0.316. The molecule has 0 heterocycles. The van der Waals surface area contributed by atoms with Gasteiger partial charge in [0.2, 0.25) is 0 Å². The summed E-state index contributed by atoms with van der Waals surface area (Å²) in [6.45, 7) is 2.51. The fraction of sp³-hybridized carbons (Fsp3) is 0.800. The summed E-state index contributed by atoms with van der Waals surface area (Å²) in [4.78, 5) is 15.0. The molecule has 0 bridgehead atoms. The van der Waals surface area contributed by atoms with E-state index in [1.54, 1.807) is 0 Å². The number of rotatable bonds is 3. The summed E-state index contributed by atoms with van der Waals surface area (Å²) in [7, 11) is 1.53. The molecule has 0 saturated carbocycles. The lowest BCUT2D eigenvalue weighted by molar-refractivity contribution is 0.0624. The molecule has 54 valence electrons. The summed E-state index contributed by atoms with van der Waals surface area (Å²) in [6, 6.07) is -0.316. The van der Waals surface area contributed by atoms with Gasteiger partial charge < -0.3 is 5.32 Å². The molecular formula is C5H12N2O2. The Kier molecular flexibility index (Phi) is 4.91. The van der Waals surface area contributed by atoms with Crippen molar-refractivity contribution in [2.24, 2.45) is 0 Å². The van der Waals surface area contributed by atoms with Crippen molar-refractivity contribution in [3.63, 3.8) is 0 Å². The number of hydrogen-bond acceptors (Lipinski definition) is 2. The fourth-order valence-corrected chi connectivity index (χ4v) is 0.270. The smallest absolute Gasteiger partial charge is 0.338 e. The summed E-state index contributed by atoms with van der Waals surface area (Å²) in [5.41, 5.74) is 2.18. The van der Waals surface area contributed by atoms with Gasteiger partial charge in [-0.3, -0.25) is 4.84 Å². The van der Waals surface area contributed by atoms with Gasteiger partial charge in [-0.1, -0.05) is 6.92 Å². The van der Waals surface area contributed by atoms with Crippen molar-refractivity contribution in [2.45, 2.75) is 13.3 Å². The van der Waals surface area contributed by atoms with E-state index in [4.69, 9.17) is 0 Å². The molecule has 2 N–H and O–H groups in total. The Labute approximate surface area is 54.5 Å². The molecule has 0 rings (SSSR count). The van der Waals surface area contributed by atoms with Crippen LogP contribution in [0.25, 0.3) is 0 Å². The SMILES string of the molecule is CCCONC(=O)NC. The van der Waals surface area contributed by atoms with Crippen LogP contribution in [0.2, 0.25) is 0 Å². The van der Waals surface area contributed by atoms with E-state index in [2.05, 4.69) is 15.6 Å². The van der Waals surface area contributed by atoms with Crippen LogP contribution < -0.4 is 10.8 Å². The lowest BCUT2D eigenvalue weighted by Crippen LogP contribution is -2.32. The van der Waals surface area contributed by atoms with Gasteiger partial charge in [0.1, 0.15) is 0 Å². The highest BCUT2D eigenvalue weighted by Gasteiger charge is 1.91. The Hall–Kier alpha value is -0.770. The van der Waals surface area contributed by atoms with Gasteiger partial charge in [-0.25, -0.2) is 10.3 Å². The molecule has 0 spiro atoms. The third-order valence-corrected chi connectivity index (χ3v) is 0.698. The van der Waals surface area contributed by atoms with Crippen LogP contribution in [0.5, 0.6) is 0 Å². The van der Waals surface area contributed by atoms with Crippen molar-refractivity contribution in [1.29, 1.82) is 0 Å². The Morgan fingerprint density at radius 3 is 2.78 bits per heavy atom. The Balaban J connectivity index is 2.97. The molecule has 4 heteroatoms. The van der Waals surface area contributed by atoms with Crippen LogP contribution in [-0.4, -0.2) is 19.7 Å². The van der Waals surface area contributed by atoms with Gasteiger partial charge in [-0.15, -0.1) is 0 Å². The van der Waals surface area contributed by atoms with E-state index in [9.17, 15) is 4.79 Å². The van der Waals surface area contributed by atoms with Gasteiger partial charge in [0.15, 0.2) is 0 Å². The molecule has 0 aliphatic rings. The average molecular weight is 132 g/mol. The zero-order valence-corrected chi connectivity index (χ0v) is 5.73. The van der Waals surface area contributed by atoms with Gasteiger partial charge in [0.05, 0.1) is 6.61 Å². The first-order valence-electron chi connectivity index (χ1n) is 2.90. The lowest BCUT2D eigenvalue weighted by Gasteiger charge is -2.01. The summed E-state index contributed by atoms with van der Waals surface area (Å²) in [5, 5.41) is 2.35. The second kappa shape index (κ2) is 5.37. The first-order chi connectivity index (χ1) is 4.31. The minimum absolute atomic E-state index is 0.316. The van der Waals surface area contributed by atoms with Crippen molar-refractivity contribution in [1.82, 2.24) is 10.8 Å². The Morgan fingerprint density at radius 1 is 1.67 bits per heavy atom. The van der Waals surface area contributed by atoms with E-state index in [1.807, 2.05) is 6.92 Å². The summed E-state index contributed by atoms with van der Waals surface area (Å²) >= 11 is 0. The third kappa shape index (κ3) is 5.10. The molecule has 9 heavy (non-hydrogen) atoms. The summed E-state index contributed by atoms with van der Waals surface area (Å²) < 4.78 is 0. The largest absolute Gasteiger partial charge is 0.339 e. The molecule has 0 radical (unpaired) electrons. The molecule has 2 amide bonds. The molecule has 0 aromatic carbocycles. The maximum Gasteiger partial charge on any atom is 0.338 e. The van der Waals surface area contributed by atoms with E-state index in [0.29, 0.717) is 6.61 Å². The van der Waals surface area contributed by atoms with E-state index < -0.39 is 0 Å². The number of hydroxylamine groups is 1. The molecule has 0 unspecified atom stereocenters. The predicted octanol–water partition coefficient (Wildman–Crippen LogP) is 0.257. The topological polar surface area (TPSA) is 50.4 Å². The van der Waals surface area contributed by atoms with Crippen molar-refractivity contribution in [3.8, 4) is 0 Å². The third-order valence-electron chi connectivity index (χ3n) is 0.698. The number of carbonyl (C=O) groups is 1. The Bertz CT molecular complexity index is 85.0. The first-order valence-corrected chi connectivity index (χ1v) is 2.90. The molecule has 4 nitrogen and oxygen atoms in total. The maximum absolute atomic E-state index is 10.3. The predicted molar refractivity (Wildman–Crippen MR) is 33.8 cm³/mol. The standard InChI is InChI=1S/C5H12N2O2/c1-3-4-9-7-5(8)6-2/h3-4H2,1-2H3,(H2,6,7,8). The van der Waals surface area contributed by atoms with Crippen LogP contribution >= 0.6 is 0 Å². The molecule has 0 aliphatic carbocycles. The van der Waals surface area contributed by atoms with Crippen LogP contribution in [0.3, 0.4) is 0 Å². The van der Waals surface area contributed by atoms with E-state index >= 15 is 0 Å². The quantitative estimate of drug-likeness (QED) is 0.427. The number of nitrogens with one attached hydrogen (secondary N) is 2. The van der Waals surface area contributed by atoms with E-state index in [1.165, 1.54) is 7.05 Å². The second-order valence-electron chi connectivity index (χ2n) is 1.53. The summed E-state index contributed by atoms with van der Waals surface area (Å²) in [5.74, 6) is 0. The molecule has 0 atom stereocenters. The van der Waals surface area contributed by atoms with Crippen LogP contribution in [0.4, 0.5) is 4.79 Å². The molecule has 0 saturated heterocycles. The summed E-state index contributed by atoms with van der Waals surface area (Å²) in [6.07, 6.45) is 0.893. The van der Waals surface area contributed by atoms with Gasteiger partial charge in [0.25, 0.3) is 0 Å². The number of carbonyl (C=O) groups excluding carboxylic acids is 1. The second-order valence-corrected chi connectivity index (χ2v) is 1.53. The lowest BCUT2D eigenvalue weighted by atomic mass is 10.5. The number of hydrogen-bond donors (Lipinski definition) is 2. The van der Waals surface area contributed by atoms with Gasteiger partial charge in [-0.05, 0) is 6.42 Å². The highest BCUT2D eigenvalue weighted by molar-refractivity contribution is 5.72. The Morgan fingerprint density at radius 2 is 2.33 bits per heavy atom. The minimum Gasteiger partial charge on any atom is -0.339 e. The van der Waals surface area contributed by atoms with Crippen molar-refractivity contribution in [3.05, 3.63) is 0 Å². The number of urea groups is 1. The average Bonchev–Trinajstić information content (AvgIpc) is 1.89. The molecule has 0 aromatic heterocycles. The van der Waals surface area contributed by atoms with Crippen molar-refractivity contribution >= 4 is 6.03 Å². The highest BCUT2D eigenvalue weighted by Crippen LogP contribution is 1.73. The molecular weight excluding hydrogens is 120 g/mol. The number of amides is 2. The van der Waals surface area contributed by atoms with Crippen LogP contribution in [-0.2, 0) is 4.84 Å². The van der Waals surface area contributed by atoms with Crippen molar-refractivity contribution in [2.75, 3.05) is 13.7 Å². The molecule has 0 aromatic rings. The normalized spacial score (nSPS) is 8.67.